The maximum atomic E-state index is 2.59. The highest BCUT2D eigenvalue weighted by Gasteiger charge is 2.45. The van der Waals surface area contributed by atoms with Gasteiger partial charge in [-0.2, -0.15) is 0 Å². The number of hydrogen-bond acceptors (Lipinski definition) is 2. The van der Waals surface area contributed by atoms with Crippen LogP contribution in [0.3, 0.4) is 0 Å². The second kappa shape index (κ2) is 1.32. The van der Waals surface area contributed by atoms with E-state index in [0.717, 1.165) is 11.8 Å². The highest BCUT2D eigenvalue weighted by atomic mass is 15.4. The average Bonchev–Trinajstić information content (AvgIpc) is 2.20. The molecule has 4 rings (SSSR count). The molecule has 4 heterocycles. The van der Waals surface area contributed by atoms with E-state index in [-0.39, 0.29) is 0 Å². The van der Waals surface area contributed by atoms with E-state index in [1.807, 2.05) is 0 Å². The molecular formula is C7H12N2. The van der Waals surface area contributed by atoms with E-state index in [2.05, 4.69) is 9.80 Å². The van der Waals surface area contributed by atoms with Crippen LogP contribution in [0.2, 0.25) is 0 Å². The van der Waals surface area contributed by atoms with Crippen LogP contribution >= 0.6 is 0 Å². The van der Waals surface area contributed by atoms with Crippen molar-refractivity contribution in [3.05, 3.63) is 0 Å². The third kappa shape index (κ3) is 0.485. The third-order valence-electron chi connectivity index (χ3n) is 3.04. The van der Waals surface area contributed by atoms with Gasteiger partial charge in [-0.1, -0.05) is 0 Å². The summed E-state index contributed by atoms with van der Waals surface area (Å²) in [5.74, 6) is 2.11. The van der Waals surface area contributed by atoms with Gasteiger partial charge in [0.1, 0.15) is 0 Å². The van der Waals surface area contributed by atoms with Crippen molar-refractivity contribution in [3.63, 3.8) is 0 Å². The zero-order valence-electron chi connectivity index (χ0n) is 5.58. The Morgan fingerprint density at radius 2 is 1.22 bits per heavy atom. The van der Waals surface area contributed by atoms with Crippen molar-refractivity contribution in [1.29, 1.82) is 0 Å². The van der Waals surface area contributed by atoms with Crippen LogP contribution < -0.4 is 0 Å². The molecule has 4 bridgehead atoms. The van der Waals surface area contributed by atoms with E-state index < -0.39 is 0 Å². The molecule has 0 amide bonds. The van der Waals surface area contributed by atoms with Gasteiger partial charge in [0.05, 0.1) is 6.67 Å². The van der Waals surface area contributed by atoms with Crippen LogP contribution in [0.15, 0.2) is 0 Å². The highest BCUT2D eigenvalue weighted by molar-refractivity contribution is 4.97. The minimum absolute atomic E-state index is 1.05. The second-order valence-electron chi connectivity index (χ2n) is 3.73. The van der Waals surface area contributed by atoms with E-state index in [4.69, 9.17) is 0 Å². The molecule has 0 N–H and O–H groups in total. The van der Waals surface area contributed by atoms with E-state index >= 15 is 0 Å². The number of nitrogens with zero attached hydrogens (tertiary/aromatic N) is 2. The van der Waals surface area contributed by atoms with E-state index in [1.54, 1.807) is 0 Å². The van der Waals surface area contributed by atoms with Gasteiger partial charge >= 0.3 is 0 Å². The predicted molar refractivity (Wildman–Crippen MR) is 35.0 cm³/mol. The van der Waals surface area contributed by atoms with Crippen LogP contribution in [0, 0.1) is 11.8 Å². The molecule has 0 atom stereocenters. The van der Waals surface area contributed by atoms with Crippen molar-refractivity contribution in [3.8, 4) is 0 Å². The molecule has 4 saturated heterocycles. The summed E-state index contributed by atoms with van der Waals surface area (Å²) >= 11 is 0. The molecular weight excluding hydrogens is 112 g/mol. The monoisotopic (exact) mass is 124 g/mol. The zero-order valence-corrected chi connectivity index (χ0v) is 5.58. The Balaban J connectivity index is 2.00. The summed E-state index contributed by atoms with van der Waals surface area (Å²) in [5.41, 5.74) is 0. The zero-order chi connectivity index (χ0) is 5.84. The largest absolute Gasteiger partial charge is 0.290 e. The normalized spacial score (nSPS) is 61.3. The Labute approximate surface area is 55.4 Å². The number of rotatable bonds is 0. The first-order chi connectivity index (χ1) is 4.42. The summed E-state index contributed by atoms with van der Waals surface area (Å²) in [7, 11) is 0. The van der Waals surface area contributed by atoms with Crippen LogP contribution in [-0.2, 0) is 0 Å². The van der Waals surface area contributed by atoms with E-state index in [1.165, 1.54) is 32.8 Å². The molecule has 0 aliphatic carbocycles. The molecule has 0 spiro atoms. The fraction of sp³-hybridized carbons (Fsp3) is 1.00. The third-order valence-corrected chi connectivity index (χ3v) is 3.04. The molecule has 2 heteroatoms. The van der Waals surface area contributed by atoms with E-state index in [0.29, 0.717) is 0 Å². The van der Waals surface area contributed by atoms with Gasteiger partial charge in [0.15, 0.2) is 0 Å². The second-order valence-corrected chi connectivity index (χ2v) is 3.73. The molecule has 0 saturated carbocycles. The van der Waals surface area contributed by atoms with Crippen LogP contribution in [-0.4, -0.2) is 42.6 Å². The first-order valence-electron chi connectivity index (χ1n) is 3.86. The maximum Gasteiger partial charge on any atom is 0.0506 e. The molecule has 0 aromatic rings. The maximum absolute atomic E-state index is 2.59. The summed E-state index contributed by atoms with van der Waals surface area (Å²) in [6.45, 7) is 6.89. The summed E-state index contributed by atoms with van der Waals surface area (Å²) < 4.78 is 0. The summed E-state index contributed by atoms with van der Waals surface area (Å²) in [6.07, 6.45) is 0. The van der Waals surface area contributed by atoms with Crippen LogP contribution in [0.25, 0.3) is 0 Å². The van der Waals surface area contributed by atoms with Crippen molar-refractivity contribution < 1.29 is 0 Å². The summed E-state index contributed by atoms with van der Waals surface area (Å²) in [6, 6.07) is 0. The molecule has 4 aliphatic heterocycles. The predicted octanol–water partition coefficient (Wildman–Crippen LogP) is -0.179. The first-order valence-corrected chi connectivity index (χ1v) is 3.86. The van der Waals surface area contributed by atoms with Crippen molar-refractivity contribution in [2.45, 2.75) is 0 Å². The minimum Gasteiger partial charge on any atom is -0.290 e. The Morgan fingerprint density at radius 3 is 1.56 bits per heavy atom. The molecule has 0 unspecified atom stereocenters. The molecule has 4 fully saturated rings. The van der Waals surface area contributed by atoms with Gasteiger partial charge < -0.3 is 0 Å². The fourth-order valence-electron chi connectivity index (χ4n) is 2.70. The highest BCUT2D eigenvalue weighted by Crippen LogP contribution is 2.35. The number of hydrogen-bond donors (Lipinski definition) is 0. The Morgan fingerprint density at radius 1 is 0.778 bits per heavy atom. The van der Waals surface area contributed by atoms with Gasteiger partial charge in [-0.05, 0) is 11.8 Å². The van der Waals surface area contributed by atoms with Crippen LogP contribution in [0.4, 0.5) is 0 Å². The molecule has 4 aliphatic rings. The van der Waals surface area contributed by atoms with Crippen molar-refractivity contribution in [2.24, 2.45) is 11.8 Å². The Kier molecular flexibility index (Phi) is 0.691. The topological polar surface area (TPSA) is 6.48 Å². The van der Waals surface area contributed by atoms with Crippen LogP contribution in [0.1, 0.15) is 0 Å². The minimum atomic E-state index is 1.05. The summed E-state index contributed by atoms with van der Waals surface area (Å²) in [5, 5.41) is 0. The van der Waals surface area contributed by atoms with Crippen LogP contribution in [0.5, 0.6) is 0 Å². The van der Waals surface area contributed by atoms with Crippen molar-refractivity contribution in [1.82, 2.24) is 9.80 Å². The Bertz CT molecular complexity index is 112. The van der Waals surface area contributed by atoms with Gasteiger partial charge in [-0.15, -0.1) is 0 Å². The first kappa shape index (κ1) is 4.69. The molecule has 2 nitrogen and oxygen atoms in total. The lowest BCUT2D eigenvalue weighted by Gasteiger charge is -2.31. The lowest BCUT2D eigenvalue weighted by Crippen LogP contribution is -2.43. The summed E-state index contributed by atoms with van der Waals surface area (Å²) in [4.78, 5) is 5.17. The van der Waals surface area contributed by atoms with Gasteiger partial charge in [0, 0.05) is 26.2 Å². The molecule has 50 valence electrons. The van der Waals surface area contributed by atoms with Gasteiger partial charge in [0.25, 0.3) is 0 Å². The van der Waals surface area contributed by atoms with Gasteiger partial charge in [-0.25, -0.2) is 0 Å². The fourth-order valence-corrected chi connectivity index (χ4v) is 2.70. The average molecular weight is 124 g/mol. The lowest BCUT2D eigenvalue weighted by molar-refractivity contribution is 0.107. The molecule has 0 aromatic carbocycles. The quantitative estimate of drug-likeness (QED) is 0.442. The molecule has 9 heavy (non-hydrogen) atoms. The lowest BCUT2D eigenvalue weighted by atomic mass is 10.0. The van der Waals surface area contributed by atoms with Crippen molar-refractivity contribution in [2.75, 3.05) is 32.8 Å². The molecule has 0 radical (unpaired) electrons. The van der Waals surface area contributed by atoms with E-state index in [9.17, 15) is 0 Å². The van der Waals surface area contributed by atoms with Crippen molar-refractivity contribution >= 4 is 0 Å². The molecule has 0 aromatic heterocycles. The van der Waals surface area contributed by atoms with Gasteiger partial charge in [0.2, 0.25) is 0 Å². The standard InChI is InChI=1S/C7H12N2/c1-6-2-9-4-7(6)3-8(1)5-9/h6-7H,1-5H2. The van der Waals surface area contributed by atoms with Gasteiger partial charge in [-0.3, -0.25) is 9.80 Å². The Hall–Kier alpha value is -0.0800. The SMILES string of the molecule is C1C2CN3CC2CN1C3. The smallest absolute Gasteiger partial charge is 0.0506 e.